The highest BCUT2D eigenvalue weighted by atomic mass is 16.7. The molecule has 0 saturated heterocycles. The fourth-order valence-corrected chi connectivity index (χ4v) is 3.13. The van der Waals surface area contributed by atoms with E-state index < -0.39 is 0 Å². The molecule has 5 rings (SSSR count). The van der Waals surface area contributed by atoms with Crippen LogP contribution in [0.3, 0.4) is 0 Å². The standard InChI is InChI=1S/C22H20N6O3/c1-28(2)15-5-3-6-16(12-15)31-21-17(7-4-10-23-21)20-25-22(27-26-20)24-14-8-9-18-19(11-14)30-13-29-18/h3-12H,13H2,1-2H3,(H2,24,25,26,27). The second-order valence-corrected chi connectivity index (χ2v) is 7.05. The van der Waals surface area contributed by atoms with Gasteiger partial charge in [-0.1, -0.05) is 6.07 Å². The van der Waals surface area contributed by atoms with Crippen molar-refractivity contribution in [2.75, 3.05) is 31.1 Å². The van der Waals surface area contributed by atoms with Gasteiger partial charge in [0.2, 0.25) is 18.6 Å². The summed E-state index contributed by atoms with van der Waals surface area (Å²) >= 11 is 0. The molecule has 156 valence electrons. The number of nitrogens with zero attached hydrogens (tertiary/aromatic N) is 4. The number of aromatic amines is 1. The topological polar surface area (TPSA) is 97.4 Å². The highest BCUT2D eigenvalue weighted by Gasteiger charge is 2.16. The Morgan fingerprint density at radius 3 is 2.84 bits per heavy atom. The Kier molecular flexibility index (Phi) is 4.75. The predicted molar refractivity (Wildman–Crippen MR) is 116 cm³/mol. The van der Waals surface area contributed by atoms with Gasteiger partial charge >= 0.3 is 0 Å². The van der Waals surface area contributed by atoms with Gasteiger partial charge in [0.1, 0.15) is 5.75 Å². The maximum atomic E-state index is 6.06. The van der Waals surface area contributed by atoms with Crippen LogP contribution in [0.15, 0.2) is 60.8 Å². The summed E-state index contributed by atoms with van der Waals surface area (Å²) in [5.41, 5.74) is 2.52. The van der Waals surface area contributed by atoms with Gasteiger partial charge < -0.3 is 24.4 Å². The van der Waals surface area contributed by atoms with Crippen LogP contribution in [0.5, 0.6) is 23.1 Å². The third-order valence-electron chi connectivity index (χ3n) is 4.69. The monoisotopic (exact) mass is 416 g/mol. The van der Waals surface area contributed by atoms with E-state index >= 15 is 0 Å². The molecular weight excluding hydrogens is 396 g/mol. The molecule has 0 amide bonds. The normalized spacial score (nSPS) is 11.9. The molecule has 0 spiro atoms. The Labute approximate surface area is 178 Å². The number of fused-ring (bicyclic) bond motifs is 1. The van der Waals surface area contributed by atoms with Gasteiger partial charge in [-0.2, -0.15) is 4.98 Å². The first-order valence-corrected chi connectivity index (χ1v) is 9.65. The van der Waals surface area contributed by atoms with E-state index in [1.165, 1.54) is 0 Å². The molecule has 31 heavy (non-hydrogen) atoms. The van der Waals surface area contributed by atoms with Crippen molar-refractivity contribution in [2.45, 2.75) is 0 Å². The Hall–Kier alpha value is -4.27. The van der Waals surface area contributed by atoms with Gasteiger partial charge in [0.05, 0.1) is 5.56 Å². The Morgan fingerprint density at radius 2 is 1.94 bits per heavy atom. The number of rotatable bonds is 6. The smallest absolute Gasteiger partial charge is 0.246 e. The van der Waals surface area contributed by atoms with Crippen molar-refractivity contribution in [2.24, 2.45) is 0 Å². The quantitative estimate of drug-likeness (QED) is 0.483. The molecule has 0 aliphatic carbocycles. The first-order chi connectivity index (χ1) is 15.2. The van der Waals surface area contributed by atoms with Crippen LogP contribution in [0.25, 0.3) is 11.4 Å². The minimum atomic E-state index is 0.227. The summed E-state index contributed by atoms with van der Waals surface area (Å²) in [7, 11) is 3.96. The lowest BCUT2D eigenvalue weighted by atomic mass is 10.2. The summed E-state index contributed by atoms with van der Waals surface area (Å²) in [6.07, 6.45) is 1.68. The number of nitrogens with one attached hydrogen (secondary N) is 2. The molecule has 0 saturated carbocycles. The molecule has 0 radical (unpaired) electrons. The van der Waals surface area contributed by atoms with E-state index in [0.29, 0.717) is 34.7 Å². The van der Waals surface area contributed by atoms with E-state index in [-0.39, 0.29) is 6.79 Å². The molecule has 9 heteroatoms. The molecule has 2 aromatic heterocycles. The average molecular weight is 416 g/mol. The third-order valence-corrected chi connectivity index (χ3v) is 4.69. The van der Waals surface area contributed by atoms with Gasteiger partial charge in [0.25, 0.3) is 0 Å². The van der Waals surface area contributed by atoms with Crippen molar-refractivity contribution in [1.29, 1.82) is 0 Å². The lowest BCUT2D eigenvalue weighted by Crippen LogP contribution is -2.08. The molecule has 1 aliphatic heterocycles. The van der Waals surface area contributed by atoms with Gasteiger partial charge in [-0.3, -0.25) is 5.10 Å². The number of anilines is 3. The zero-order valence-corrected chi connectivity index (χ0v) is 17.0. The van der Waals surface area contributed by atoms with E-state index in [2.05, 4.69) is 25.5 Å². The lowest BCUT2D eigenvalue weighted by Gasteiger charge is -2.14. The largest absolute Gasteiger partial charge is 0.454 e. The number of ether oxygens (including phenoxy) is 3. The molecular formula is C22H20N6O3. The number of aromatic nitrogens is 4. The van der Waals surface area contributed by atoms with Crippen LogP contribution in [-0.4, -0.2) is 41.1 Å². The summed E-state index contributed by atoms with van der Waals surface area (Å²) in [5.74, 6) is 3.47. The van der Waals surface area contributed by atoms with Gasteiger partial charge in [-0.15, -0.1) is 5.10 Å². The summed E-state index contributed by atoms with van der Waals surface area (Å²) < 4.78 is 16.8. The van der Waals surface area contributed by atoms with Crippen molar-refractivity contribution in [3.63, 3.8) is 0 Å². The van der Waals surface area contributed by atoms with E-state index in [4.69, 9.17) is 14.2 Å². The molecule has 1 aliphatic rings. The summed E-state index contributed by atoms with van der Waals surface area (Å²) in [5, 5.41) is 10.4. The van der Waals surface area contributed by atoms with E-state index in [1.807, 2.05) is 73.6 Å². The Balaban J connectivity index is 1.38. The van der Waals surface area contributed by atoms with Crippen LogP contribution in [-0.2, 0) is 0 Å². The zero-order chi connectivity index (χ0) is 21.2. The number of pyridine rings is 1. The fraction of sp³-hybridized carbons (Fsp3) is 0.136. The third kappa shape index (κ3) is 3.93. The molecule has 0 fully saturated rings. The minimum absolute atomic E-state index is 0.227. The summed E-state index contributed by atoms with van der Waals surface area (Å²) in [4.78, 5) is 10.9. The van der Waals surface area contributed by atoms with Crippen LogP contribution < -0.4 is 24.4 Å². The van der Waals surface area contributed by atoms with Crippen LogP contribution in [0.1, 0.15) is 0 Å². The molecule has 2 aromatic carbocycles. The van der Waals surface area contributed by atoms with Crippen molar-refractivity contribution in [1.82, 2.24) is 20.2 Å². The second-order valence-electron chi connectivity index (χ2n) is 7.05. The van der Waals surface area contributed by atoms with Gasteiger partial charge in [-0.05, 0) is 36.4 Å². The van der Waals surface area contributed by atoms with Gasteiger partial charge in [0.15, 0.2) is 17.3 Å². The van der Waals surface area contributed by atoms with Gasteiger partial charge in [-0.25, -0.2) is 4.98 Å². The van der Waals surface area contributed by atoms with Crippen molar-refractivity contribution < 1.29 is 14.2 Å². The number of hydrogen-bond donors (Lipinski definition) is 2. The van der Waals surface area contributed by atoms with Crippen molar-refractivity contribution in [3.05, 3.63) is 60.8 Å². The lowest BCUT2D eigenvalue weighted by molar-refractivity contribution is 0.174. The summed E-state index contributed by atoms with van der Waals surface area (Å²) in [6.45, 7) is 0.227. The molecule has 2 N–H and O–H groups in total. The first-order valence-electron chi connectivity index (χ1n) is 9.65. The van der Waals surface area contributed by atoms with Crippen LogP contribution in [0, 0.1) is 0 Å². The van der Waals surface area contributed by atoms with Crippen molar-refractivity contribution >= 4 is 17.3 Å². The molecule has 9 nitrogen and oxygen atoms in total. The van der Waals surface area contributed by atoms with E-state index in [0.717, 1.165) is 17.1 Å². The maximum Gasteiger partial charge on any atom is 0.246 e. The molecule has 0 bridgehead atoms. The molecule has 4 aromatic rings. The van der Waals surface area contributed by atoms with E-state index in [9.17, 15) is 0 Å². The number of H-pyrrole nitrogens is 1. The number of benzene rings is 2. The predicted octanol–water partition coefficient (Wildman–Crippen LogP) is 4.20. The fourth-order valence-electron chi connectivity index (χ4n) is 3.13. The maximum absolute atomic E-state index is 6.06. The second kappa shape index (κ2) is 7.86. The first kappa shape index (κ1) is 18.7. The van der Waals surface area contributed by atoms with Crippen LogP contribution in [0.2, 0.25) is 0 Å². The summed E-state index contributed by atoms with van der Waals surface area (Å²) in [6, 6.07) is 17.0. The minimum Gasteiger partial charge on any atom is -0.454 e. The zero-order valence-electron chi connectivity index (χ0n) is 17.0. The Morgan fingerprint density at radius 1 is 1.03 bits per heavy atom. The SMILES string of the molecule is CN(C)c1cccc(Oc2ncccc2-c2nc(Nc3ccc4c(c3)OCO4)n[nH]2)c1. The molecule has 0 unspecified atom stereocenters. The molecule has 0 atom stereocenters. The van der Waals surface area contributed by atoms with E-state index in [1.54, 1.807) is 6.20 Å². The van der Waals surface area contributed by atoms with Crippen LogP contribution >= 0.6 is 0 Å². The number of hydrogen-bond acceptors (Lipinski definition) is 8. The highest BCUT2D eigenvalue weighted by molar-refractivity contribution is 5.65. The van der Waals surface area contributed by atoms with Gasteiger partial charge in [0, 0.05) is 43.8 Å². The Bertz CT molecular complexity index is 1220. The van der Waals surface area contributed by atoms with Crippen molar-refractivity contribution in [3.8, 4) is 34.5 Å². The highest BCUT2D eigenvalue weighted by Crippen LogP contribution is 2.35. The average Bonchev–Trinajstić information content (AvgIpc) is 3.43. The van der Waals surface area contributed by atoms with Crippen LogP contribution in [0.4, 0.5) is 17.3 Å². The molecule has 3 heterocycles.